The van der Waals surface area contributed by atoms with E-state index in [0.29, 0.717) is 0 Å². The van der Waals surface area contributed by atoms with Crippen LogP contribution in [0.1, 0.15) is 12.0 Å². The van der Waals surface area contributed by atoms with Crippen LogP contribution in [-0.2, 0) is 0 Å². The quantitative estimate of drug-likeness (QED) is 0.626. The summed E-state index contributed by atoms with van der Waals surface area (Å²) in [5.41, 5.74) is 2.00. The van der Waals surface area contributed by atoms with Gasteiger partial charge in [0.1, 0.15) is 0 Å². The molecule has 1 aliphatic heterocycles. The van der Waals surface area contributed by atoms with E-state index < -0.39 is 0 Å². The monoisotopic (exact) mass is 235 g/mol. The number of nitro benzene ring substituents is 1. The fourth-order valence-electron chi connectivity index (χ4n) is 2.15. The van der Waals surface area contributed by atoms with Crippen LogP contribution in [0.2, 0.25) is 0 Å². The Morgan fingerprint density at radius 1 is 1.35 bits per heavy atom. The highest BCUT2D eigenvalue weighted by Crippen LogP contribution is 2.24. The molecule has 0 unspecified atom stereocenters. The van der Waals surface area contributed by atoms with Crippen LogP contribution < -0.4 is 10.2 Å². The Morgan fingerprint density at radius 2 is 2.18 bits per heavy atom. The molecule has 2 rings (SSSR count). The number of nitro groups is 1. The van der Waals surface area contributed by atoms with Crippen LogP contribution in [-0.4, -0.2) is 31.1 Å². The topological polar surface area (TPSA) is 58.4 Å². The van der Waals surface area contributed by atoms with Gasteiger partial charge in [-0.2, -0.15) is 0 Å². The molecule has 0 aromatic heterocycles. The van der Waals surface area contributed by atoms with Crippen LogP contribution in [0.5, 0.6) is 0 Å². The van der Waals surface area contributed by atoms with E-state index in [0.717, 1.165) is 43.9 Å². The summed E-state index contributed by atoms with van der Waals surface area (Å²) in [5, 5.41) is 14.1. The lowest BCUT2D eigenvalue weighted by Crippen LogP contribution is -2.27. The lowest BCUT2D eigenvalue weighted by molar-refractivity contribution is -0.385. The third kappa shape index (κ3) is 2.74. The molecule has 0 atom stereocenters. The average molecular weight is 235 g/mol. The van der Waals surface area contributed by atoms with Crippen LogP contribution in [0.4, 0.5) is 11.4 Å². The molecule has 0 amide bonds. The fraction of sp³-hybridized carbons (Fsp3) is 0.500. The van der Waals surface area contributed by atoms with E-state index in [1.54, 1.807) is 13.0 Å². The van der Waals surface area contributed by atoms with E-state index in [1.165, 1.54) is 0 Å². The van der Waals surface area contributed by atoms with E-state index in [-0.39, 0.29) is 10.6 Å². The first-order valence-electron chi connectivity index (χ1n) is 5.89. The molecule has 1 aromatic rings. The molecule has 0 spiro atoms. The second-order valence-corrected chi connectivity index (χ2v) is 4.32. The minimum atomic E-state index is -0.330. The van der Waals surface area contributed by atoms with E-state index in [4.69, 9.17) is 0 Å². The van der Waals surface area contributed by atoms with E-state index in [9.17, 15) is 10.1 Å². The maximum Gasteiger partial charge on any atom is 0.272 e. The van der Waals surface area contributed by atoms with E-state index >= 15 is 0 Å². The number of nitrogens with zero attached hydrogens (tertiary/aromatic N) is 2. The van der Waals surface area contributed by atoms with Crippen LogP contribution in [0.25, 0.3) is 0 Å². The molecule has 1 saturated heterocycles. The van der Waals surface area contributed by atoms with Gasteiger partial charge >= 0.3 is 0 Å². The highest BCUT2D eigenvalue weighted by atomic mass is 16.6. The van der Waals surface area contributed by atoms with Gasteiger partial charge in [0.15, 0.2) is 0 Å². The van der Waals surface area contributed by atoms with Crippen molar-refractivity contribution in [3.8, 4) is 0 Å². The summed E-state index contributed by atoms with van der Waals surface area (Å²) in [6.45, 7) is 5.76. The van der Waals surface area contributed by atoms with Crippen molar-refractivity contribution in [3.63, 3.8) is 0 Å². The van der Waals surface area contributed by atoms with Gasteiger partial charge in [-0.1, -0.05) is 0 Å². The third-order valence-corrected chi connectivity index (χ3v) is 3.08. The summed E-state index contributed by atoms with van der Waals surface area (Å²) >= 11 is 0. The predicted molar refractivity (Wildman–Crippen MR) is 67.5 cm³/mol. The average Bonchev–Trinajstić information content (AvgIpc) is 2.56. The molecule has 17 heavy (non-hydrogen) atoms. The van der Waals surface area contributed by atoms with Gasteiger partial charge in [0.05, 0.1) is 4.92 Å². The molecule has 1 N–H and O–H groups in total. The van der Waals surface area contributed by atoms with Crippen molar-refractivity contribution < 1.29 is 4.92 Å². The second kappa shape index (κ2) is 5.14. The van der Waals surface area contributed by atoms with Crippen molar-refractivity contribution >= 4 is 11.4 Å². The number of hydrogen-bond acceptors (Lipinski definition) is 4. The minimum Gasteiger partial charge on any atom is -0.370 e. The van der Waals surface area contributed by atoms with Crippen LogP contribution in [0, 0.1) is 17.0 Å². The number of nitrogens with one attached hydrogen (secondary N) is 1. The highest BCUT2D eigenvalue weighted by molar-refractivity contribution is 5.55. The van der Waals surface area contributed by atoms with Crippen molar-refractivity contribution in [1.29, 1.82) is 0 Å². The fourth-order valence-corrected chi connectivity index (χ4v) is 2.15. The van der Waals surface area contributed by atoms with Crippen LogP contribution in [0.3, 0.4) is 0 Å². The zero-order chi connectivity index (χ0) is 12.3. The maximum absolute atomic E-state index is 10.7. The molecule has 1 aromatic carbocycles. The van der Waals surface area contributed by atoms with Gasteiger partial charge in [0, 0.05) is 37.0 Å². The molecule has 0 saturated carbocycles. The first-order chi connectivity index (χ1) is 8.18. The Labute approximate surface area is 101 Å². The standard InChI is InChI=1S/C12H17N3O2/c1-10-9-11(3-4-12(10)15(16)17)14-7-2-5-13-6-8-14/h3-4,9,13H,2,5-8H2,1H3. The van der Waals surface area contributed by atoms with Gasteiger partial charge in [-0.15, -0.1) is 0 Å². The smallest absolute Gasteiger partial charge is 0.272 e. The molecule has 5 heteroatoms. The lowest BCUT2D eigenvalue weighted by atomic mass is 10.1. The number of benzene rings is 1. The summed E-state index contributed by atoms with van der Waals surface area (Å²) in [6, 6.07) is 5.35. The molecule has 92 valence electrons. The van der Waals surface area contributed by atoms with Gasteiger partial charge in [-0.3, -0.25) is 10.1 Å². The summed E-state index contributed by atoms with van der Waals surface area (Å²) in [6.07, 6.45) is 1.11. The summed E-state index contributed by atoms with van der Waals surface area (Å²) in [7, 11) is 0. The maximum atomic E-state index is 10.7. The second-order valence-electron chi connectivity index (χ2n) is 4.32. The van der Waals surface area contributed by atoms with Gasteiger partial charge in [0.25, 0.3) is 5.69 Å². The van der Waals surface area contributed by atoms with Gasteiger partial charge in [0.2, 0.25) is 0 Å². The summed E-state index contributed by atoms with van der Waals surface area (Å²) in [5.74, 6) is 0. The Hall–Kier alpha value is -1.62. The van der Waals surface area contributed by atoms with Crippen molar-refractivity contribution in [3.05, 3.63) is 33.9 Å². The van der Waals surface area contributed by atoms with Crippen molar-refractivity contribution in [1.82, 2.24) is 5.32 Å². The molecule has 5 nitrogen and oxygen atoms in total. The minimum absolute atomic E-state index is 0.196. The first-order valence-corrected chi connectivity index (χ1v) is 5.89. The Balaban J connectivity index is 2.21. The zero-order valence-corrected chi connectivity index (χ0v) is 9.98. The molecular weight excluding hydrogens is 218 g/mol. The molecule has 0 bridgehead atoms. The predicted octanol–water partition coefficient (Wildman–Crippen LogP) is 1.70. The van der Waals surface area contributed by atoms with Crippen molar-refractivity contribution in [2.45, 2.75) is 13.3 Å². The van der Waals surface area contributed by atoms with Crippen LogP contribution in [0.15, 0.2) is 18.2 Å². The Kier molecular flexibility index (Phi) is 3.58. The van der Waals surface area contributed by atoms with Gasteiger partial charge in [-0.25, -0.2) is 0 Å². The zero-order valence-electron chi connectivity index (χ0n) is 9.98. The summed E-state index contributed by atoms with van der Waals surface area (Å²) in [4.78, 5) is 12.7. The number of aryl methyl sites for hydroxylation is 1. The van der Waals surface area contributed by atoms with E-state index in [2.05, 4.69) is 10.2 Å². The highest BCUT2D eigenvalue weighted by Gasteiger charge is 2.14. The van der Waals surface area contributed by atoms with Gasteiger partial charge in [-0.05, 0) is 32.0 Å². The summed E-state index contributed by atoms with van der Waals surface area (Å²) < 4.78 is 0. The number of hydrogen-bond donors (Lipinski definition) is 1. The molecule has 0 aliphatic carbocycles. The molecule has 1 aliphatic rings. The normalized spacial score (nSPS) is 16.6. The van der Waals surface area contributed by atoms with Crippen molar-refractivity contribution in [2.75, 3.05) is 31.1 Å². The number of anilines is 1. The van der Waals surface area contributed by atoms with Crippen molar-refractivity contribution in [2.24, 2.45) is 0 Å². The Bertz CT molecular complexity index is 412. The molecule has 0 radical (unpaired) electrons. The van der Waals surface area contributed by atoms with Gasteiger partial charge < -0.3 is 10.2 Å². The Morgan fingerprint density at radius 3 is 2.88 bits per heavy atom. The molecule has 1 fully saturated rings. The molecule has 1 heterocycles. The molecular formula is C12H17N3O2. The number of rotatable bonds is 2. The van der Waals surface area contributed by atoms with Crippen LogP contribution >= 0.6 is 0 Å². The lowest BCUT2D eigenvalue weighted by Gasteiger charge is -2.22. The first kappa shape index (κ1) is 11.9. The largest absolute Gasteiger partial charge is 0.370 e. The SMILES string of the molecule is Cc1cc(N2CCCNCC2)ccc1[N+](=O)[O-]. The van der Waals surface area contributed by atoms with E-state index in [1.807, 2.05) is 12.1 Å². The third-order valence-electron chi connectivity index (χ3n) is 3.08.